The molecule has 0 N–H and O–H groups in total. The van der Waals surface area contributed by atoms with Crippen LogP contribution in [0.4, 0.5) is 0 Å². The highest BCUT2D eigenvalue weighted by atomic mass is 32.1. The van der Waals surface area contributed by atoms with Gasteiger partial charge in [0, 0.05) is 37.8 Å². The van der Waals surface area contributed by atoms with Gasteiger partial charge in [-0.25, -0.2) is 4.98 Å². The van der Waals surface area contributed by atoms with Gasteiger partial charge < -0.3 is 9.64 Å². The average molecular weight is 293 g/mol. The first-order valence-corrected chi connectivity index (χ1v) is 7.85. The summed E-state index contributed by atoms with van der Waals surface area (Å²) < 4.78 is 7.61. The monoisotopic (exact) mass is 293 g/mol. The van der Waals surface area contributed by atoms with Gasteiger partial charge in [0.1, 0.15) is 4.88 Å². The van der Waals surface area contributed by atoms with E-state index in [1.54, 1.807) is 6.20 Å². The maximum atomic E-state index is 12.7. The molecule has 3 heterocycles. The SMILES string of the molecule is CCN(CC1CCCO1)C(=O)c1sc2nccn2c1C. The Bertz CT molecular complexity index is 613. The second-order valence-electron chi connectivity index (χ2n) is 5.08. The normalized spacial score (nSPS) is 18.8. The van der Waals surface area contributed by atoms with Crippen LogP contribution in [0.1, 0.15) is 35.1 Å². The lowest BCUT2D eigenvalue weighted by Crippen LogP contribution is -2.37. The van der Waals surface area contributed by atoms with E-state index in [-0.39, 0.29) is 12.0 Å². The number of ether oxygens (including phenoxy) is 1. The van der Waals surface area contributed by atoms with Crippen LogP contribution >= 0.6 is 11.3 Å². The zero-order valence-corrected chi connectivity index (χ0v) is 12.7. The molecule has 6 heteroatoms. The fourth-order valence-corrected chi connectivity index (χ4v) is 3.68. The lowest BCUT2D eigenvalue weighted by atomic mass is 10.2. The number of carbonyl (C=O) groups excluding carboxylic acids is 1. The first-order valence-electron chi connectivity index (χ1n) is 7.04. The number of aromatic nitrogens is 2. The molecule has 5 nitrogen and oxygen atoms in total. The van der Waals surface area contributed by atoms with Crippen LogP contribution in [0.5, 0.6) is 0 Å². The van der Waals surface area contributed by atoms with Crippen LogP contribution in [0.15, 0.2) is 12.4 Å². The number of amides is 1. The number of thiazole rings is 1. The highest BCUT2D eigenvalue weighted by molar-refractivity contribution is 7.19. The summed E-state index contributed by atoms with van der Waals surface area (Å²) in [5.74, 6) is 0.0935. The first kappa shape index (κ1) is 13.6. The minimum Gasteiger partial charge on any atom is -0.376 e. The van der Waals surface area contributed by atoms with Crippen molar-refractivity contribution in [2.24, 2.45) is 0 Å². The standard InChI is InChI=1S/C14H19N3O2S/c1-3-16(9-11-5-4-8-19-11)13(18)12-10(2)17-7-6-15-14(17)20-12/h6-7,11H,3-5,8-9H2,1-2H3. The molecule has 0 aromatic carbocycles. The van der Waals surface area contributed by atoms with Crippen LogP contribution in [0.3, 0.4) is 0 Å². The number of hydrogen-bond acceptors (Lipinski definition) is 4. The Balaban J connectivity index is 1.81. The molecule has 20 heavy (non-hydrogen) atoms. The quantitative estimate of drug-likeness (QED) is 0.869. The highest BCUT2D eigenvalue weighted by Crippen LogP contribution is 2.24. The van der Waals surface area contributed by atoms with Gasteiger partial charge in [-0.1, -0.05) is 11.3 Å². The summed E-state index contributed by atoms with van der Waals surface area (Å²) in [6.45, 7) is 6.20. The highest BCUT2D eigenvalue weighted by Gasteiger charge is 2.25. The molecule has 0 saturated carbocycles. The van der Waals surface area contributed by atoms with E-state index >= 15 is 0 Å². The molecular formula is C14H19N3O2S. The van der Waals surface area contributed by atoms with E-state index in [2.05, 4.69) is 4.98 Å². The lowest BCUT2D eigenvalue weighted by Gasteiger charge is -2.23. The predicted molar refractivity (Wildman–Crippen MR) is 78.4 cm³/mol. The Hall–Kier alpha value is -1.40. The molecule has 1 unspecified atom stereocenters. The van der Waals surface area contributed by atoms with Crippen LogP contribution in [0.2, 0.25) is 0 Å². The molecule has 0 aliphatic carbocycles. The molecule has 1 fully saturated rings. The minimum absolute atomic E-state index is 0.0935. The number of aryl methyl sites for hydroxylation is 1. The van der Waals surface area contributed by atoms with Gasteiger partial charge in [-0.3, -0.25) is 9.20 Å². The third-order valence-corrected chi connectivity index (χ3v) is 4.96. The Labute approximate surface area is 122 Å². The molecule has 1 saturated heterocycles. The second-order valence-corrected chi connectivity index (χ2v) is 6.05. The summed E-state index contributed by atoms with van der Waals surface area (Å²) in [5.41, 5.74) is 0.971. The molecule has 1 aliphatic rings. The van der Waals surface area contributed by atoms with Crippen molar-refractivity contribution in [2.75, 3.05) is 19.7 Å². The summed E-state index contributed by atoms with van der Waals surface area (Å²) >= 11 is 1.46. The second kappa shape index (κ2) is 5.54. The molecule has 108 valence electrons. The van der Waals surface area contributed by atoms with Crippen molar-refractivity contribution in [1.82, 2.24) is 14.3 Å². The Kier molecular flexibility index (Phi) is 3.76. The number of likely N-dealkylation sites (N-methyl/N-ethyl adjacent to an activating group) is 1. The fourth-order valence-electron chi connectivity index (χ4n) is 2.63. The number of nitrogens with zero attached hydrogens (tertiary/aromatic N) is 3. The molecule has 0 radical (unpaired) electrons. The fraction of sp³-hybridized carbons (Fsp3) is 0.571. The van der Waals surface area contributed by atoms with Crippen molar-refractivity contribution in [3.63, 3.8) is 0 Å². The summed E-state index contributed by atoms with van der Waals surface area (Å²) in [6, 6.07) is 0. The van der Waals surface area contributed by atoms with E-state index in [4.69, 9.17) is 4.74 Å². The number of hydrogen-bond donors (Lipinski definition) is 0. The van der Waals surface area contributed by atoms with Gasteiger partial charge in [-0.2, -0.15) is 0 Å². The van der Waals surface area contributed by atoms with Crippen molar-refractivity contribution in [3.05, 3.63) is 23.0 Å². The van der Waals surface area contributed by atoms with Gasteiger partial charge in [-0.15, -0.1) is 0 Å². The number of rotatable bonds is 4. The molecule has 1 aliphatic heterocycles. The zero-order chi connectivity index (χ0) is 14.1. The van der Waals surface area contributed by atoms with Gasteiger partial charge in [-0.05, 0) is 26.7 Å². The van der Waals surface area contributed by atoms with Gasteiger partial charge in [0.15, 0.2) is 4.96 Å². The van der Waals surface area contributed by atoms with Crippen LogP contribution < -0.4 is 0 Å². The van der Waals surface area contributed by atoms with Crippen molar-refractivity contribution in [1.29, 1.82) is 0 Å². The molecule has 0 bridgehead atoms. The van der Waals surface area contributed by atoms with Crippen molar-refractivity contribution in [3.8, 4) is 0 Å². The van der Waals surface area contributed by atoms with E-state index in [1.165, 1.54) is 11.3 Å². The summed E-state index contributed by atoms with van der Waals surface area (Å²) in [6.07, 6.45) is 6.01. The van der Waals surface area contributed by atoms with E-state index in [1.807, 2.05) is 29.3 Å². The van der Waals surface area contributed by atoms with Crippen LogP contribution in [0, 0.1) is 6.92 Å². The molecule has 2 aromatic heterocycles. The molecular weight excluding hydrogens is 274 g/mol. The molecule has 3 rings (SSSR count). The number of carbonyl (C=O) groups is 1. The molecule has 0 spiro atoms. The van der Waals surface area contributed by atoms with E-state index in [0.717, 1.165) is 35.0 Å². The van der Waals surface area contributed by atoms with E-state index < -0.39 is 0 Å². The lowest BCUT2D eigenvalue weighted by molar-refractivity contribution is 0.0542. The van der Waals surface area contributed by atoms with Crippen LogP contribution in [-0.4, -0.2) is 46.0 Å². The first-order chi connectivity index (χ1) is 9.70. The Morgan fingerprint density at radius 1 is 1.65 bits per heavy atom. The Morgan fingerprint density at radius 3 is 3.15 bits per heavy atom. The topological polar surface area (TPSA) is 46.8 Å². The summed E-state index contributed by atoms with van der Waals surface area (Å²) in [5, 5.41) is 0. The number of imidazole rings is 1. The van der Waals surface area contributed by atoms with Gasteiger partial charge in [0.05, 0.1) is 6.10 Å². The number of fused-ring (bicyclic) bond motifs is 1. The van der Waals surface area contributed by atoms with E-state index in [0.29, 0.717) is 13.1 Å². The summed E-state index contributed by atoms with van der Waals surface area (Å²) in [4.78, 5) is 20.5. The van der Waals surface area contributed by atoms with Gasteiger partial charge in [0.2, 0.25) is 0 Å². The maximum Gasteiger partial charge on any atom is 0.265 e. The van der Waals surface area contributed by atoms with Crippen molar-refractivity contribution >= 4 is 22.2 Å². The Morgan fingerprint density at radius 2 is 2.50 bits per heavy atom. The van der Waals surface area contributed by atoms with Crippen LogP contribution in [0.25, 0.3) is 4.96 Å². The van der Waals surface area contributed by atoms with Crippen molar-refractivity contribution < 1.29 is 9.53 Å². The smallest absolute Gasteiger partial charge is 0.265 e. The zero-order valence-electron chi connectivity index (χ0n) is 11.8. The maximum absolute atomic E-state index is 12.7. The third-order valence-electron chi connectivity index (χ3n) is 3.80. The predicted octanol–water partition coefficient (Wildman–Crippen LogP) is 2.35. The van der Waals surface area contributed by atoms with E-state index in [9.17, 15) is 4.79 Å². The minimum atomic E-state index is 0.0935. The average Bonchev–Trinajstić information content (AvgIpc) is 3.15. The summed E-state index contributed by atoms with van der Waals surface area (Å²) in [7, 11) is 0. The van der Waals surface area contributed by atoms with Gasteiger partial charge in [0.25, 0.3) is 5.91 Å². The third kappa shape index (κ3) is 2.33. The van der Waals surface area contributed by atoms with Crippen LogP contribution in [-0.2, 0) is 4.74 Å². The molecule has 2 aromatic rings. The molecule has 1 amide bonds. The molecule has 1 atom stereocenters. The van der Waals surface area contributed by atoms with Gasteiger partial charge >= 0.3 is 0 Å². The largest absolute Gasteiger partial charge is 0.376 e. The van der Waals surface area contributed by atoms with Crippen molar-refractivity contribution in [2.45, 2.75) is 32.8 Å².